The summed E-state index contributed by atoms with van der Waals surface area (Å²) in [6.07, 6.45) is 4.22. The number of unbranched alkanes of at least 4 members (excludes halogenated alkanes) is 2. The number of hydrogen-bond donors (Lipinski definition) is 0. The van der Waals surface area contributed by atoms with Crippen LogP contribution in [-0.4, -0.2) is 11.6 Å². The van der Waals surface area contributed by atoms with E-state index >= 15 is 0 Å². The Morgan fingerprint density at radius 3 is 2.42 bits per heavy atom. The summed E-state index contributed by atoms with van der Waals surface area (Å²) in [7, 11) is 0. The van der Waals surface area contributed by atoms with E-state index in [4.69, 9.17) is 15.0 Å². The van der Waals surface area contributed by atoms with Gasteiger partial charge >= 0.3 is 0 Å². The van der Waals surface area contributed by atoms with E-state index < -0.39 is 0 Å². The van der Waals surface area contributed by atoms with E-state index in [1.807, 2.05) is 6.20 Å². The minimum atomic E-state index is 0.573. The molecule has 1 aromatic heterocycles. The normalized spacial score (nSPS) is 10.7. The van der Waals surface area contributed by atoms with Crippen LogP contribution in [0.3, 0.4) is 0 Å². The minimum Gasteiger partial charge on any atom is -0.492 e. The highest BCUT2D eigenvalue weighted by molar-refractivity contribution is 5.96. The van der Waals surface area contributed by atoms with E-state index in [2.05, 4.69) is 63.2 Å². The smallest absolute Gasteiger partial charge is 0.138 e. The predicted octanol–water partition coefficient (Wildman–Crippen LogP) is 5.90. The Kier molecular flexibility index (Phi) is 5.53. The fourth-order valence-corrected chi connectivity index (χ4v) is 3.14. The standard InChI is InChI=1S/C23H24N2O/c1-16-7-11-19(12-8-16)20-15-25-22-18(3)10-9-17(2)21(22)23(20)26-14-6-4-5-13-24/h7-12,15H,4-6,14H2,1-3H3. The maximum absolute atomic E-state index is 8.71. The molecule has 0 saturated carbocycles. The first-order valence-electron chi connectivity index (χ1n) is 9.07. The third kappa shape index (κ3) is 3.70. The summed E-state index contributed by atoms with van der Waals surface area (Å²) < 4.78 is 6.27. The van der Waals surface area contributed by atoms with Gasteiger partial charge in [-0.15, -0.1) is 0 Å². The monoisotopic (exact) mass is 344 g/mol. The number of fused-ring (bicyclic) bond motifs is 1. The van der Waals surface area contributed by atoms with Crippen LogP contribution in [0.1, 0.15) is 36.0 Å². The Morgan fingerprint density at radius 2 is 1.69 bits per heavy atom. The zero-order valence-corrected chi connectivity index (χ0v) is 15.7. The third-order valence-corrected chi connectivity index (χ3v) is 4.67. The number of benzene rings is 2. The van der Waals surface area contributed by atoms with Crippen LogP contribution in [0.25, 0.3) is 22.0 Å². The molecule has 0 unspecified atom stereocenters. The number of aromatic nitrogens is 1. The Hall–Kier alpha value is -2.86. The fourth-order valence-electron chi connectivity index (χ4n) is 3.14. The Bertz CT molecular complexity index is 953. The average molecular weight is 344 g/mol. The quantitative estimate of drug-likeness (QED) is 0.523. The minimum absolute atomic E-state index is 0.573. The molecule has 0 fully saturated rings. The van der Waals surface area contributed by atoms with Gasteiger partial charge in [0.2, 0.25) is 0 Å². The molecule has 0 N–H and O–H groups in total. The average Bonchev–Trinajstić information content (AvgIpc) is 2.65. The highest BCUT2D eigenvalue weighted by Crippen LogP contribution is 2.38. The number of rotatable bonds is 6. The maximum atomic E-state index is 8.71. The number of hydrogen-bond acceptors (Lipinski definition) is 3. The van der Waals surface area contributed by atoms with Crippen LogP contribution in [0.4, 0.5) is 0 Å². The second-order valence-electron chi connectivity index (χ2n) is 6.75. The zero-order valence-electron chi connectivity index (χ0n) is 15.7. The van der Waals surface area contributed by atoms with Crippen molar-refractivity contribution in [3.63, 3.8) is 0 Å². The van der Waals surface area contributed by atoms with Crippen molar-refractivity contribution in [2.45, 2.75) is 40.0 Å². The van der Waals surface area contributed by atoms with Gasteiger partial charge in [-0.1, -0.05) is 42.0 Å². The van der Waals surface area contributed by atoms with E-state index in [0.29, 0.717) is 13.0 Å². The molecule has 3 rings (SSSR count). The lowest BCUT2D eigenvalue weighted by molar-refractivity contribution is 0.312. The lowest BCUT2D eigenvalue weighted by atomic mass is 9.98. The highest BCUT2D eigenvalue weighted by atomic mass is 16.5. The molecule has 0 aliphatic rings. The van der Waals surface area contributed by atoms with Crippen molar-refractivity contribution >= 4 is 10.9 Å². The Morgan fingerprint density at radius 1 is 0.962 bits per heavy atom. The Labute approximate surface area is 155 Å². The summed E-state index contributed by atoms with van der Waals surface area (Å²) in [6, 6.07) is 14.9. The van der Waals surface area contributed by atoms with Crippen LogP contribution in [0.5, 0.6) is 5.75 Å². The molecule has 0 spiro atoms. The van der Waals surface area contributed by atoms with Crippen LogP contribution >= 0.6 is 0 Å². The molecule has 0 aliphatic heterocycles. The van der Waals surface area contributed by atoms with E-state index in [9.17, 15) is 0 Å². The van der Waals surface area contributed by atoms with Gasteiger partial charge in [-0.05, 0) is 50.3 Å². The predicted molar refractivity (Wildman–Crippen MR) is 106 cm³/mol. The van der Waals surface area contributed by atoms with Gasteiger partial charge in [0.05, 0.1) is 18.2 Å². The number of pyridine rings is 1. The summed E-state index contributed by atoms with van der Waals surface area (Å²) in [5.74, 6) is 0.900. The molecule has 26 heavy (non-hydrogen) atoms. The second-order valence-corrected chi connectivity index (χ2v) is 6.75. The number of aryl methyl sites for hydroxylation is 3. The fraction of sp³-hybridized carbons (Fsp3) is 0.304. The van der Waals surface area contributed by atoms with E-state index in [0.717, 1.165) is 46.2 Å². The molecule has 1 heterocycles. The van der Waals surface area contributed by atoms with Crippen molar-refractivity contribution < 1.29 is 4.74 Å². The molecule has 3 heteroatoms. The summed E-state index contributed by atoms with van der Waals surface area (Å²) in [4.78, 5) is 4.74. The van der Waals surface area contributed by atoms with Gasteiger partial charge in [0.1, 0.15) is 5.75 Å². The topological polar surface area (TPSA) is 45.9 Å². The molecule has 0 atom stereocenters. The summed E-state index contributed by atoms with van der Waals surface area (Å²) in [6.45, 7) is 6.87. The van der Waals surface area contributed by atoms with Crippen LogP contribution < -0.4 is 4.74 Å². The molecule has 132 valence electrons. The van der Waals surface area contributed by atoms with Gasteiger partial charge in [-0.2, -0.15) is 5.26 Å². The van der Waals surface area contributed by atoms with Crippen molar-refractivity contribution in [2.75, 3.05) is 6.61 Å². The summed E-state index contributed by atoms with van der Waals surface area (Å²) in [5.41, 5.74) is 6.67. The first-order valence-corrected chi connectivity index (χ1v) is 9.07. The van der Waals surface area contributed by atoms with E-state index in [-0.39, 0.29) is 0 Å². The number of nitrogens with zero attached hydrogens (tertiary/aromatic N) is 2. The van der Waals surface area contributed by atoms with Gasteiger partial charge < -0.3 is 4.74 Å². The van der Waals surface area contributed by atoms with Gasteiger partial charge in [0.25, 0.3) is 0 Å². The van der Waals surface area contributed by atoms with Crippen molar-refractivity contribution in [3.8, 4) is 22.9 Å². The van der Waals surface area contributed by atoms with Crippen LogP contribution in [0.2, 0.25) is 0 Å². The van der Waals surface area contributed by atoms with Crippen molar-refractivity contribution in [3.05, 3.63) is 59.3 Å². The van der Waals surface area contributed by atoms with E-state index in [1.54, 1.807) is 0 Å². The second kappa shape index (κ2) is 8.01. The molecule has 0 saturated heterocycles. The van der Waals surface area contributed by atoms with Crippen molar-refractivity contribution in [1.29, 1.82) is 5.26 Å². The van der Waals surface area contributed by atoms with Gasteiger partial charge in [-0.3, -0.25) is 4.98 Å². The number of nitriles is 1. The summed E-state index contributed by atoms with van der Waals surface area (Å²) in [5, 5.41) is 9.79. The summed E-state index contributed by atoms with van der Waals surface area (Å²) >= 11 is 0. The molecule has 0 radical (unpaired) electrons. The lowest BCUT2D eigenvalue weighted by Gasteiger charge is -2.17. The molecule has 3 aromatic rings. The molecule has 0 amide bonds. The first-order chi connectivity index (χ1) is 12.6. The van der Waals surface area contributed by atoms with Gasteiger partial charge in [0, 0.05) is 23.6 Å². The SMILES string of the molecule is Cc1ccc(-c2cnc3c(C)ccc(C)c3c2OCCCCC#N)cc1. The first kappa shape index (κ1) is 17.9. The third-order valence-electron chi connectivity index (χ3n) is 4.67. The molecule has 2 aromatic carbocycles. The van der Waals surface area contributed by atoms with E-state index in [1.165, 1.54) is 11.1 Å². The van der Waals surface area contributed by atoms with Crippen LogP contribution in [0.15, 0.2) is 42.6 Å². The van der Waals surface area contributed by atoms with Crippen molar-refractivity contribution in [2.24, 2.45) is 0 Å². The molecular weight excluding hydrogens is 320 g/mol. The van der Waals surface area contributed by atoms with Gasteiger partial charge in [0.15, 0.2) is 0 Å². The van der Waals surface area contributed by atoms with Crippen molar-refractivity contribution in [1.82, 2.24) is 4.98 Å². The zero-order chi connectivity index (χ0) is 18.5. The van der Waals surface area contributed by atoms with Crippen LogP contribution in [-0.2, 0) is 0 Å². The lowest BCUT2D eigenvalue weighted by Crippen LogP contribution is -2.02. The maximum Gasteiger partial charge on any atom is 0.138 e. The molecular formula is C23H24N2O. The largest absolute Gasteiger partial charge is 0.492 e. The molecule has 0 aliphatic carbocycles. The molecule has 0 bridgehead atoms. The van der Waals surface area contributed by atoms with Crippen LogP contribution in [0, 0.1) is 32.1 Å². The highest BCUT2D eigenvalue weighted by Gasteiger charge is 2.15. The Balaban J connectivity index is 2.08. The molecule has 3 nitrogen and oxygen atoms in total. The van der Waals surface area contributed by atoms with Gasteiger partial charge in [-0.25, -0.2) is 0 Å². The number of ether oxygens (including phenoxy) is 1.